The Bertz CT molecular complexity index is 377. The highest BCUT2D eigenvalue weighted by Crippen LogP contribution is 2.16. The molecule has 1 amide bonds. The minimum Gasteiger partial charge on any atom is -0.380 e. The zero-order valence-corrected chi connectivity index (χ0v) is 12.2. The molecule has 3 N–H and O–H groups in total. The van der Waals surface area contributed by atoms with Crippen LogP contribution in [0.3, 0.4) is 0 Å². The molecule has 1 aromatic rings. The molecule has 0 fully saturated rings. The van der Waals surface area contributed by atoms with Crippen molar-refractivity contribution >= 4 is 21.8 Å². The van der Waals surface area contributed by atoms with Crippen molar-refractivity contribution in [3.8, 4) is 0 Å². The summed E-state index contributed by atoms with van der Waals surface area (Å²) in [6.45, 7) is 2.29. The minimum absolute atomic E-state index is 0.0270. The number of benzene rings is 1. The first kappa shape index (κ1) is 15.1. The Morgan fingerprint density at radius 2 is 2.06 bits per heavy atom. The minimum atomic E-state index is -0.220. The van der Waals surface area contributed by atoms with Gasteiger partial charge in [0.2, 0.25) is 5.91 Å². The summed E-state index contributed by atoms with van der Waals surface area (Å²) in [5.41, 5.74) is 6.54. The Hall–Kier alpha value is -0.910. The number of nitrogens with one attached hydrogen (secondary N) is 1. The van der Waals surface area contributed by atoms with Gasteiger partial charge >= 0.3 is 0 Å². The predicted molar refractivity (Wildman–Crippen MR) is 75.2 cm³/mol. The molecule has 1 unspecified atom stereocenters. The molecule has 0 bridgehead atoms. The molecule has 0 aliphatic heterocycles. The number of carbonyl (C=O) groups excluding carboxylic acids is 1. The number of halogens is 1. The molecule has 1 aromatic carbocycles. The maximum Gasteiger partial charge on any atom is 0.223 e. The van der Waals surface area contributed by atoms with E-state index in [-0.39, 0.29) is 24.5 Å². The third-order valence-electron chi connectivity index (χ3n) is 2.76. The summed E-state index contributed by atoms with van der Waals surface area (Å²) >= 11 is 3.38. The van der Waals surface area contributed by atoms with Crippen LogP contribution in [-0.2, 0) is 9.53 Å². The quantitative estimate of drug-likeness (QED) is 0.844. The van der Waals surface area contributed by atoms with Crippen molar-refractivity contribution < 1.29 is 9.53 Å². The fourth-order valence-electron chi connectivity index (χ4n) is 1.60. The highest BCUT2D eigenvalue weighted by Gasteiger charge is 2.14. The van der Waals surface area contributed by atoms with Crippen molar-refractivity contribution in [2.24, 2.45) is 5.73 Å². The van der Waals surface area contributed by atoms with Crippen LogP contribution in [0.25, 0.3) is 0 Å². The molecular weight excluding hydrogens is 296 g/mol. The summed E-state index contributed by atoms with van der Waals surface area (Å²) in [6.07, 6.45) is 0.0653. The second-order valence-electron chi connectivity index (χ2n) is 4.14. The van der Waals surface area contributed by atoms with Gasteiger partial charge in [-0.05, 0) is 24.6 Å². The van der Waals surface area contributed by atoms with Crippen LogP contribution in [0.15, 0.2) is 28.7 Å². The third kappa shape index (κ3) is 4.76. The van der Waals surface area contributed by atoms with Gasteiger partial charge in [0.15, 0.2) is 0 Å². The van der Waals surface area contributed by atoms with Crippen LogP contribution in [0, 0.1) is 0 Å². The van der Waals surface area contributed by atoms with E-state index in [1.807, 2.05) is 31.2 Å². The molecule has 0 spiro atoms. The van der Waals surface area contributed by atoms with Crippen LogP contribution in [0.1, 0.15) is 24.9 Å². The fourth-order valence-corrected chi connectivity index (χ4v) is 1.87. The summed E-state index contributed by atoms with van der Waals surface area (Å²) in [4.78, 5) is 11.8. The zero-order chi connectivity index (χ0) is 13.5. The number of methoxy groups -OCH3 is 1. The van der Waals surface area contributed by atoms with E-state index in [9.17, 15) is 4.79 Å². The molecular formula is C13H19BrN2O2. The SMILES string of the molecule is COC(CN)CC(=O)N[C@H](C)c1ccc(Br)cc1. The maximum absolute atomic E-state index is 11.8. The average molecular weight is 315 g/mol. The Morgan fingerprint density at radius 1 is 1.44 bits per heavy atom. The first-order valence-electron chi connectivity index (χ1n) is 5.84. The smallest absolute Gasteiger partial charge is 0.223 e. The normalized spacial score (nSPS) is 14.0. The monoisotopic (exact) mass is 314 g/mol. The van der Waals surface area contributed by atoms with Crippen molar-refractivity contribution in [2.45, 2.75) is 25.5 Å². The highest BCUT2D eigenvalue weighted by molar-refractivity contribution is 9.10. The van der Waals surface area contributed by atoms with Gasteiger partial charge in [0.1, 0.15) is 0 Å². The number of carbonyl (C=O) groups is 1. The van der Waals surface area contributed by atoms with E-state index < -0.39 is 0 Å². The second kappa shape index (κ2) is 7.51. The standard InChI is InChI=1S/C13H19BrN2O2/c1-9(10-3-5-11(14)6-4-10)16-13(17)7-12(8-15)18-2/h3-6,9,12H,7-8,15H2,1-2H3,(H,16,17)/t9-,12?/m1/s1. The maximum atomic E-state index is 11.8. The van der Waals surface area contributed by atoms with E-state index in [1.165, 1.54) is 0 Å². The van der Waals surface area contributed by atoms with Crippen molar-refractivity contribution in [3.63, 3.8) is 0 Å². The lowest BCUT2D eigenvalue weighted by Crippen LogP contribution is -2.33. The van der Waals surface area contributed by atoms with Crippen LogP contribution in [0.4, 0.5) is 0 Å². The molecule has 0 heterocycles. The van der Waals surface area contributed by atoms with Gasteiger partial charge in [0.05, 0.1) is 18.6 Å². The number of rotatable bonds is 6. The topological polar surface area (TPSA) is 64.3 Å². The van der Waals surface area contributed by atoms with Gasteiger partial charge in [-0.3, -0.25) is 4.79 Å². The lowest BCUT2D eigenvalue weighted by molar-refractivity contribution is -0.124. The summed E-state index contributed by atoms with van der Waals surface area (Å²) in [7, 11) is 1.56. The summed E-state index contributed by atoms with van der Waals surface area (Å²) in [6, 6.07) is 7.84. The molecule has 0 radical (unpaired) electrons. The van der Waals surface area contributed by atoms with Gasteiger partial charge in [-0.2, -0.15) is 0 Å². The Balaban J connectivity index is 2.51. The Kier molecular flexibility index (Phi) is 6.32. The summed E-state index contributed by atoms with van der Waals surface area (Å²) < 4.78 is 6.10. The Labute approximate surface area is 116 Å². The van der Waals surface area contributed by atoms with Gasteiger partial charge < -0.3 is 15.8 Å². The lowest BCUT2D eigenvalue weighted by atomic mass is 10.1. The van der Waals surface area contributed by atoms with Gasteiger partial charge in [0.25, 0.3) is 0 Å². The molecule has 4 nitrogen and oxygen atoms in total. The second-order valence-corrected chi connectivity index (χ2v) is 5.05. The van der Waals surface area contributed by atoms with Crippen molar-refractivity contribution in [2.75, 3.05) is 13.7 Å². The van der Waals surface area contributed by atoms with Crippen molar-refractivity contribution in [1.29, 1.82) is 0 Å². The van der Waals surface area contributed by atoms with Crippen LogP contribution in [-0.4, -0.2) is 25.7 Å². The first-order valence-corrected chi connectivity index (χ1v) is 6.63. The number of ether oxygens (including phenoxy) is 1. The molecule has 1 rings (SSSR count). The van der Waals surface area contributed by atoms with Crippen LogP contribution in [0.2, 0.25) is 0 Å². The number of nitrogens with two attached hydrogens (primary N) is 1. The van der Waals surface area contributed by atoms with Crippen LogP contribution >= 0.6 is 15.9 Å². The first-order chi connectivity index (χ1) is 8.56. The molecule has 0 aromatic heterocycles. The van der Waals surface area contributed by atoms with Gasteiger partial charge in [0, 0.05) is 18.1 Å². The van der Waals surface area contributed by atoms with E-state index in [0.717, 1.165) is 10.0 Å². The molecule has 0 saturated heterocycles. The van der Waals surface area contributed by atoms with E-state index in [2.05, 4.69) is 21.2 Å². The fraction of sp³-hybridized carbons (Fsp3) is 0.462. The van der Waals surface area contributed by atoms with E-state index in [1.54, 1.807) is 7.11 Å². The molecule has 5 heteroatoms. The van der Waals surface area contributed by atoms with Crippen molar-refractivity contribution in [3.05, 3.63) is 34.3 Å². The van der Waals surface area contributed by atoms with Gasteiger partial charge in [-0.1, -0.05) is 28.1 Å². The Morgan fingerprint density at radius 3 is 2.56 bits per heavy atom. The molecule has 0 aliphatic carbocycles. The molecule has 18 heavy (non-hydrogen) atoms. The predicted octanol–water partition coefficient (Wildman–Crippen LogP) is 1.99. The van der Waals surface area contributed by atoms with Crippen molar-refractivity contribution in [1.82, 2.24) is 5.32 Å². The lowest BCUT2D eigenvalue weighted by Gasteiger charge is -2.17. The van der Waals surface area contributed by atoms with E-state index >= 15 is 0 Å². The average Bonchev–Trinajstić information content (AvgIpc) is 2.36. The highest BCUT2D eigenvalue weighted by atomic mass is 79.9. The molecule has 0 saturated carbocycles. The third-order valence-corrected chi connectivity index (χ3v) is 3.29. The zero-order valence-electron chi connectivity index (χ0n) is 10.7. The summed E-state index contributed by atoms with van der Waals surface area (Å²) in [5.74, 6) is -0.0530. The van der Waals surface area contributed by atoms with Gasteiger partial charge in [-0.25, -0.2) is 0 Å². The number of hydrogen-bond donors (Lipinski definition) is 2. The largest absolute Gasteiger partial charge is 0.380 e. The van der Waals surface area contributed by atoms with E-state index in [0.29, 0.717) is 6.54 Å². The number of hydrogen-bond acceptors (Lipinski definition) is 3. The van der Waals surface area contributed by atoms with Crippen LogP contribution in [0.5, 0.6) is 0 Å². The molecule has 2 atom stereocenters. The van der Waals surface area contributed by atoms with Gasteiger partial charge in [-0.15, -0.1) is 0 Å². The summed E-state index contributed by atoms with van der Waals surface area (Å²) in [5, 5.41) is 2.92. The molecule has 100 valence electrons. The molecule has 0 aliphatic rings. The van der Waals surface area contributed by atoms with E-state index in [4.69, 9.17) is 10.5 Å². The number of amides is 1. The van der Waals surface area contributed by atoms with Crippen LogP contribution < -0.4 is 11.1 Å².